The number of rotatable bonds is 6. The lowest BCUT2D eigenvalue weighted by Crippen LogP contribution is -2.01. The first kappa shape index (κ1) is 30.9. The number of hydrogen-bond acceptors (Lipinski definition) is 4. The molecule has 0 atom stereocenters. The molecule has 250 valence electrons. The highest BCUT2D eigenvalue weighted by molar-refractivity contribution is 6.12. The largest absolute Gasteiger partial charge is 0.456 e. The molecule has 0 saturated carbocycles. The Morgan fingerprint density at radius 2 is 1.09 bits per heavy atom. The zero-order chi connectivity index (χ0) is 35.1. The predicted octanol–water partition coefficient (Wildman–Crippen LogP) is 13.0. The topological polar surface area (TPSA) is 51.8 Å². The average Bonchev–Trinajstić information content (AvgIpc) is 3.62. The Hall–Kier alpha value is -6.91. The van der Waals surface area contributed by atoms with E-state index in [1.165, 1.54) is 16.5 Å². The van der Waals surface area contributed by atoms with Crippen molar-refractivity contribution in [2.24, 2.45) is 0 Å². The average molecular weight is 680 g/mol. The second kappa shape index (κ2) is 13.0. The number of hydrogen-bond donors (Lipinski definition) is 0. The first-order chi connectivity index (χ1) is 26.2. The highest BCUT2D eigenvalue weighted by Gasteiger charge is 2.20. The molecule has 0 radical (unpaired) electrons. The van der Waals surface area contributed by atoms with Gasteiger partial charge in [0, 0.05) is 27.5 Å². The minimum Gasteiger partial charge on any atom is -0.456 e. The van der Waals surface area contributed by atoms with Crippen LogP contribution < -0.4 is 0 Å². The summed E-state index contributed by atoms with van der Waals surface area (Å²) in [6, 6.07) is 54.9. The van der Waals surface area contributed by atoms with Gasteiger partial charge in [0.15, 0.2) is 17.5 Å². The van der Waals surface area contributed by atoms with Gasteiger partial charge < -0.3 is 4.42 Å². The Balaban J connectivity index is 1.18. The minimum atomic E-state index is 0.598. The number of aromatic nitrogens is 3. The van der Waals surface area contributed by atoms with Crippen molar-refractivity contribution in [3.05, 3.63) is 182 Å². The second-order valence-electron chi connectivity index (χ2n) is 13.5. The summed E-state index contributed by atoms with van der Waals surface area (Å²) in [4.78, 5) is 15.7. The van der Waals surface area contributed by atoms with Gasteiger partial charge in [-0.3, -0.25) is 0 Å². The fourth-order valence-electron chi connectivity index (χ4n) is 7.54. The number of furan rings is 1. The van der Waals surface area contributed by atoms with Crippen molar-refractivity contribution < 1.29 is 4.42 Å². The van der Waals surface area contributed by atoms with Crippen molar-refractivity contribution in [3.8, 4) is 56.4 Å². The molecule has 4 heteroatoms. The van der Waals surface area contributed by atoms with Gasteiger partial charge in [-0.05, 0) is 87.3 Å². The lowest BCUT2D eigenvalue weighted by molar-refractivity contribution is 0.669. The molecule has 0 saturated heterocycles. The van der Waals surface area contributed by atoms with Crippen LogP contribution in [0.2, 0.25) is 0 Å². The zero-order valence-electron chi connectivity index (χ0n) is 28.9. The van der Waals surface area contributed by atoms with Gasteiger partial charge in [0.05, 0.1) is 0 Å². The number of allylic oxidation sites excluding steroid dienone is 4. The van der Waals surface area contributed by atoms with Gasteiger partial charge in [-0.25, -0.2) is 15.0 Å². The number of fused-ring (bicyclic) bond motifs is 4. The molecule has 1 aliphatic carbocycles. The first-order valence-corrected chi connectivity index (χ1v) is 18.1. The van der Waals surface area contributed by atoms with Crippen LogP contribution in [0.15, 0.2) is 180 Å². The van der Waals surface area contributed by atoms with Crippen molar-refractivity contribution in [1.29, 1.82) is 0 Å². The van der Waals surface area contributed by atoms with Crippen molar-refractivity contribution >= 4 is 38.3 Å². The highest BCUT2D eigenvalue weighted by Crippen LogP contribution is 2.39. The van der Waals surface area contributed by atoms with E-state index in [1.54, 1.807) is 0 Å². The van der Waals surface area contributed by atoms with Gasteiger partial charge in [-0.2, -0.15) is 0 Å². The lowest BCUT2D eigenvalue weighted by Gasteiger charge is -2.13. The highest BCUT2D eigenvalue weighted by atomic mass is 16.3. The molecule has 0 bridgehead atoms. The van der Waals surface area contributed by atoms with E-state index in [0.29, 0.717) is 17.5 Å². The molecule has 4 nitrogen and oxygen atoms in total. The number of benzene rings is 7. The first-order valence-electron chi connectivity index (χ1n) is 18.1. The fraction of sp³-hybridized carbons (Fsp3) is 0.0408. The molecular formula is C49H33N3O. The lowest BCUT2D eigenvalue weighted by atomic mass is 9.95. The molecular weight excluding hydrogens is 647 g/mol. The molecule has 0 spiro atoms. The standard InChI is InChI=1S/C49H33N3O/c1-4-13-32(14-5-1)36-25-23-34-24-26-38(30-39(34)29-36)47-50-48(41-20-11-10-19-40(41)35-17-8-3-9-18-35)52-49(51-47)43-21-12-22-44-46(43)42-28-27-37(31-45(42)53-44)33-15-6-2-7-16-33/h1-4,6-13,15-31H,5,14H2. The maximum atomic E-state index is 6.51. The van der Waals surface area contributed by atoms with Gasteiger partial charge in [-0.1, -0.05) is 146 Å². The summed E-state index contributed by atoms with van der Waals surface area (Å²) < 4.78 is 6.51. The third-order valence-corrected chi connectivity index (χ3v) is 10.2. The summed E-state index contributed by atoms with van der Waals surface area (Å²) in [7, 11) is 0. The zero-order valence-corrected chi connectivity index (χ0v) is 28.9. The van der Waals surface area contributed by atoms with E-state index in [1.807, 2.05) is 30.3 Å². The summed E-state index contributed by atoms with van der Waals surface area (Å²) in [5.74, 6) is 1.84. The predicted molar refractivity (Wildman–Crippen MR) is 218 cm³/mol. The summed E-state index contributed by atoms with van der Waals surface area (Å²) in [6.07, 6.45) is 8.73. The Bertz CT molecular complexity index is 2890. The molecule has 1 aliphatic rings. The second-order valence-corrected chi connectivity index (χ2v) is 13.5. The van der Waals surface area contributed by atoms with Gasteiger partial charge >= 0.3 is 0 Å². The summed E-state index contributed by atoms with van der Waals surface area (Å²) in [6.45, 7) is 0. The third kappa shape index (κ3) is 5.71. The summed E-state index contributed by atoms with van der Waals surface area (Å²) in [5, 5.41) is 4.34. The fourth-order valence-corrected chi connectivity index (χ4v) is 7.54. The van der Waals surface area contributed by atoms with Gasteiger partial charge in [0.1, 0.15) is 11.2 Å². The molecule has 10 rings (SSSR count). The van der Waals surface area contributed by atoms with Crippen LogP contribution in [0.4, 0.5) is 0 Å². The van der Waals surface area contributed by atoms with Crippen LogP contribution in [0.1, 0.15) is 18.4 Å². The van der Waals surface area contributed by atoms with Gasteiger partial charge in [0.25, 0.3) is 0 Å². The van der Waals surface area contributed by atoms with Crippen LogP contribution in [-0.4, -0.2) is 15.0 Å². The van der Waals surface area contributed by atoms with Gasteiger partial charge in [0.2, 0.25) is 0 Å². The van der Waals surface area contributed by atoms with Crippen molar-refractivity contribution in [2.45, 2.75) is 12.8 Å². The molecule has 0 aliphatic heterocycles. The minimum absolute atomic E-state index is 0.598. The molecule has 9 aromatic rings. The van der Waals surface area contributed by atoms with Crippen molar-refractivity contribution in [2.75, 3.05) is 0 Å². The van der Waals surface area contributed by atoms with Crippen LogP contribution in [0, 0.1) is 0 Å². The number of nitrogens with zero attached hydrogens (tertiary/aromatic N) is 3. The van der Waals surface area contributed by atoms with E-state index in [2.05, 4.69) is 146 Å². The van der Waals surface area contributed by atoms with E-state index in [0.717, 1.165) is 79.1 Å². The van der Waals surface area contributed by atoms with E-state index >= 15 is 0 Å². The van der Waals surface area contributed by atoms with E-state index in [9.17, 15) is 0 Å². The molecule has 0 N–H and O–H groups in total. The molecule has 0 fully saturated rings. The summed E-state index contributed by atoms with van der Waals surface area (Å²) >= 11 is 0. The molecule has 0 unspecified atom stereocenters. The maximum Gasteiger partial charge on any atom is 0.164 e. The third-order valence-electron chi connectivity index (χ3n) is 10.2. The Morgan fingerprint density at radius 1 is 0.434 bits per heavy atom. The van der Waals surface area contributed by atoms with Crippen LogP contribution >= 0.6 is 0 Å². The molecule has 2 heterocycles. The van der Waals surface area contributed by atoms with Crippen LogP contribution in [0.25, 0.3) is 94.7 Å². The Labute approximate surface area is 307 Å². The SMILES string of the molecule is C1=CCCC(c2ccc3ccc(-c4nc(-c5ccccc5-c5ccccc5)nc(-c5cccc6oc7cc(-c8ccccc8)ccc7c56)n4)cc3c2)=C1. The van der Waals surface area contributed by atoms with Crippen LogP contribution in [0.3, 0.4) is 0 Å². The monoisotopic (exact) mass is 679 g/mol. The smallest absolute Gasteiger partial charge is 0.164 e. The van der Waals surface area contributed by atoms with E-state index < -0.39 is 0 Å². The molecule has 2 aromatic heterocycles. The van der Waals surface area contributed by atoms with E-state index in [4.69, 9.17) is 19.4 Å². The van der Waals surface area contributed by atoms with Crippen molar-refractivity contribution in [3.63, 3.8) is 0 Å². The Kier molecular flexibility index (Phi) is 7.58. The normalized spacial score (nSPS) is 12.8. The summed E-state index contributed by atoms with van der Waals surface area (Å²) in [5.41, 5.74) is 11.4. The van der Waals surface area contributed by atoms with E-state index in [-0.39, 0.29) is 0 Å². The van der Waals surface area contributed by atoms with Crippen LogP contribution in [-0.2, 0) is 0 Å². The van der Waals surface area contributed by atoms with Crippen LogP contribution in [0.5, 0.6) is 0 Å². The maximum absolute atomic E-state index is 6.51. The van der Waals surface area contributed by atoms with Gasteiger partial charge in [-0.15, -0.1) is 0 Å². The molecule has 53 heavy (non-hydrogen) atoms. The molecule has 7 aromatic carbocycles. The molecule has 0 amide bonds. The van der Waals surface area contributed by atoms with Crippen molar-refractivity contribution in [1.82, 2.24) is 15.0 Å². The Morgan fingerprint density at radius 3 is 1.89 bits per heavy atom. The quantitative estimate of drug-likeness (QED) is 0.175.